The number of hydrogen-bond donors (Lipinski definition) is 0. The summed E-state index contributed by atoms with van der Waals surface area (Å²) in [6, 6.07) is 9.23. The van der Waals surface area contributed by atoms with Gasteiger partial charge in [0.2, 0.25) is 0 Å². The number of aliphatic imine (C=N–C) groups is 1. The molecule has 0 aliphatic rings. The van der Waals surface area contributed by atoms with Gasteiger partial charge >= 0.3 is 0 Å². The van der Waals surface area contributed by atoms with Crippen molar-refractivity contribution in [2.75, 3.05) is 14.2 Å². The summed E-state index contributed by atoms with van der Waals surface area (Å²) in [5.41, 5.74) is 1.59. The molecule has 0 bridgehead atoms. The molecule has 0 aliphatic heterocycles. The molecule has 0 unspecified atom stereocenters. The van der Waals surface area contributed by atoms with Crippen molar-refractivity contribution >= 4 is 11.9 Å². The molecule has 0 atom stereocenters. The van der Waals surface area contributed by atoms with Gasteiger partial charge in [0, 0.05) is 43.0 Å². The van der Waals surface area contributed by atoms with Crippen LogP contribution in [0.4, 0.5) is 5.69 Å². The molecule has 1 heterocycles. The number of hydrogen-bond acceptors (Lipinski definition) is 3. The molecule has 0 aliphatic carbocycles. The fourth-order valence-electron chi connectivity index (χ4n) is 1.40. The van der Waals surface area contributed by atoms with E-state index in [1.165, 1.54) is 0 Å². The number of methoxy groups -OCH3 is 2. The predicted octanol–water partition coefficient (Wildman–Crippen LogP) is 2.41. The zero-order valence-electron chi connectivity index (χ0n) is 10.2. The molecule has 0 fully saturated rings. The molecule has 0 spiro atoms. The quantitative estimate of drug-likeness (QED) is 0.808. The van der Waals surface area contributed by atoms with E-state index < -0.39 is 0 Å². The summed E-state index contributed by atoms with van der Waals surface area (Å²) in [7, 11) is 3.22. The molecule has 5 heteroatoms. The Morgan fingerprint density at radius 1 is 1.11 bits per heavy atom. The van der Waals surface area contributed by atoms with Crippen LogP contribution in [0.25, 0.3) is 0 Å². The third-order valence-corrected chi connectivity index (χ3v) is 2.26. The van der Waals surface area contributed by atoms with Gasteiger partial charge in [-0.25, -0.2) is 0 Å². The van der Waals surface area contributed by atoms with Gasteiger partial charge in [-0.1, -0.05) is 12.1 Å². The van der Waals surface area contributed by atoms with Crippen LogP contribution in [-0.4, -0.2) is 20.4 Å². The molecule has 0 saturated heterocycles. The minimum atomic E-state index is 0. The van der Waals surface area contributed by atoms with Gasteiger partial charge in [-0.05, 0) is 0 Å². The molecule has 1 aromatic heterocycles. The van der Waals surface area contributed by atoms with Crippen LogP contribution in [0.5, 0.6) is 11.5 Å². The Hall–Kier alpha value is -1.65. The van der Waals surface area contributed by atoms with E-state index in [1.807, 2.05) is 24.3 Å². The summed E-state index contributed by atoms with van der Waals surface area (Å²) in [5, 5.41) is 0. The molecule has 93 valence electrons. The molecule has 1 radical (unpaired) electrons. The zero-order chi connectivity index (χ0) is 12.1. The smallest absolute Gasteiger partial charge is 0.124 e. The van der Waals surface area contributed by atoms with Gasteiger partial charge in [0.1, 0.15) is 11.5 Å². The SMILES string of the molecule is COc1cc(N=Cc2ccc[n-]2)cc(OC)c1.[V]. The first-order valence-corrected chi connectivity index (χ1v) is 5.16. The van der Waals surface area contributed by atoms with Crippen molar-refractivity contribution in [2.24, 2.45) is 4.99 Å². The van der Waals surface area contributed by atoms with E-state index in [-0.39, 0.29) is 18.6 Å². The third kappa shape index (κ3) is 3.69. The van der Waals surface area contributed by atoms with Gasteiger partial charge in [-0.3, -0.25) is 4.99 Å². The van der Waals surface area contributed by atoms with Crippen molar-refractivity contribution in [1.82, 2.24) is 4.98 Å². The summed E-state index contributed by atoms with van der Waals surface area (Å²) in [6.07, 6.45) is 3.43. The van der Waals surface area contributed by atoms with Gasteiger partial charge < -0.3 is 14.5 Å². The van der Waals surface area contributed by atoms with Crippen LogP contribution in [0.2, 0.25) is 0 Å². The molecule has 0 saturated carbocycles. The van der Waals surface area contributed by atoms with Crippen molar-refractivity contribution in [2.45, 2.75) is 0 Å². The van der Waals surface area contributed by atoms with Gasteiger partial charge in [0.05, 0.1) is 19.9 Å². The minimum Gasteiger partial charge on any atom is -0.663 e. The number of aromatic nitrogens is 1. The molecule has 18 heavy (non-hydrogen) atoms. The van der Waals surface area contributed by atoms with Crippen molar-refractivity contribution in [1.29, 1.82) is 0 Å². The molecular formula is C13H13N2O2V-. The molecule has 2 aromatic rings. The van der Waals surface area contributed by atoms with Crippen molar-refractivity contribution < 1.29 is 28.0 Å². The van der Waals surface area contributed by atoms with E-state index in [0.717, 1.165) is 11.4 Å². The van der Waals surface area contributed by atoms with Crippen LogP contribution in [0, 0.1) is 0 Å². The fourth-order valence-corrected chi connectivity index (χ4v) is 1.40. The maximum absolute atomic E-state index is 5.16. The normalized spacial score (nSPS) is 10.1. The van der Waals surface area contributed by atoms with E-state index in [1.54, 1.807) is 32.7 Å². The second-order valence-electron chi connectivity index (χ2n) is 3.39. The molecule has 4 nitrogen and oxygen atoms in total. The number of benzene rings is 1. The summed E-state index contributed by atoms with van der Waals surface area (Å²) in [5.74, 6) is 1.43. The van der Waals surface area contributed by atoms with Gasteiger partial charge in [-0.15, -0.1) is 5.69 Å². The molecule has 2 rings (SSSR count). The average Bonchev–Trinajstić information content (AvgIpc) is 2.89. The van der Waals surface area contributed by atoms with Crippen molar-refractivity contribution in [3.8, 4) is 11.5 Å². The summed E-state index contributed by atoms with van der Waals surface area (Å²) < 4.78 is 10.3. The number of ether oxygens (including phenoxy) is 2. The van der Waals surface area contributed by atoms with E-state index in [2.05, 4.69) is 9.98 Å². The zero-order valence-corrected chi connectivity index (χ0v) is 11.6. The number of nitrogens with zero attached hydrogens (tertiary/aromatic N) is 2. The number of rotatable bonds is 4. The molecular weight excluding hydrogens is 267 g/mol. The van der Waals surface area contributed by atoms with Crippen LogP contribution in [0.3, 0.4) is 0 Å². The van der Waals surface area contributed by atoms with Gasteiger partial charge in [-0.2, -0.15) is 6.20 Å². The van der Waals surface area contributed by atoms with E-state index in [9.17, 15) is 0 Å². The van der Waals surface area contributed by atoms with Gasteiger partial charge in [0.25, 0.3) is 0 Å². The summed E-state index contributed by atoms with van der Waals surface area (Å²) >= 11 is 0. The third-order valence-electron chi connectivity index (χ3n) is 2.26. The summed E-state index contributed by atoms with van der Waals surface area (Å²) in [4.78, 5) is 8.42. The predicted molar refractivity (Wildman–Crippen MR) is 66.6 cm³/mol. The van der Waals surface area contributed by atoms with Gasteiger partial charge in [0.15, 0.2) is 0 Å². The topological polar surface area (TPSA) is 44.9 Å². The Bertz CT molecular complexity index is 487. The second kappa shape index (κ2) is 6.94. The molecule has 1 aromatic carbocycles. The van der Waals surface area contributed by atoms with Crippen LogP contribution in [-0.2, 0) is 18.6 Å². The first kappa shape index (κ1) is 14.4. The first-order valence-electron chi connectivity index (χ1n) is 5.16. The maximum atomic E-state index is 5.16. The van der Waals surface area contributed by atoms with E-state index >= 15 is 0 Å². The van der Waals surface area contributed by atoms with Crippen LogP contribution < -0.4 is 14.5 Å². The van der Waals surface area contributed by atoms with E-state index in [4.69, 9.17) is 9.47 Å². The standard InChI is InChI=1S/C13H13N2O2.V/c1-16-12-6-11(7-13(8-12)17-2)15-9-10-4-3-5-14-10;/h3-9H,1-2H3;/q-1;. The Morgan fingerprint density at radius 2 is 1.78 bits per heavy atom. The second-order valence-corrected chi connectivity index (χ2v) is 3.39. The Balaban J connectivity index is 0.00000162. The van der Waals surface area contributed by atoms with Crippen molar-refractivity contribution in [3.63, 3.8) is 0 Å². The molecule has 0 amide bonds. The van der Waals surface area contributed by atoms with E-state index in [0.29, 0.717) is 11.5 Å². The first-order chi connectivity index (χ1) is 8.31. The Labute approximate surface area is 118 Å². The van der Waals surface area contributed by atoms with Crippen LogP contribution in [0.15, 0.2) is 41.5 Å². The maximum Gasteiger partial charge on any atom is 0.124 e. The largest absolute Gasteiger partial charge is 0.663 e. The average molecular weight is 280 g/mol. The van der Waals surface area contributed by atoms with Crippen LogP contribution >= 0.6 is 0 Å². The monoisotopic (exact) mass is 280 g/mol. The Morgan fingerprint density at radius 3 is 2.28 bits per heavy atom. The van der Waals surface area contributed by atoms with Crippen molar-refractivity contribution in [3.05, 3.63) is 42.2 Å². The minimum absolute atomic E-state index is 0. The summed E-state index contributed by atoms with van der Waals surface area (Å²) in [6.45, 7) is 0. The fraction of sp³-hybridized carbons (Fsp3) is 0.154. The van der Waals surface area contributed by atoms with Crippen LogP contribution in [0.1, 0.15) is 5.69 Å². The Kier molecular flexibility index (Phi) is 5.56. The molecule has 0 N–H and O–H groups in total.